The molecule has 1 aliphatic rings. The molecule has 2 heterocycles. The molecule has 2 aromatic carbocycles. The Morgan fingerprint density at radius 3 is 2.62 bits per heavy atom. The number of carbonyl (C=O) groups is 1. The molecule has 0 N–H and O–H groups in total. The van der Waals surface area contributed by atoms with E-state index in [-0.39, 0.29) is 10.9 Å². The molecule has 0 spiro atoms. The largest absolute Gasteiger partial charge is 0.439 e. The summed E-state index contributed by atoms with van der Waals surface area (Å²) in [5, 5.41) is -0.0154. The standard InChI is InChI=1S/C24H24ClFN4O2/c1-2-17-4-6-18(7-5-17)24(31)30-11-3-10-29(12-13-30)22-15-23(28-16-27-22)32-19-8-9-21(26)20(25)14-19/h4-9,14-16H,2-3,10-13H2,1H3. The van der Waals surface area contributed by atoms with E-state index in [2.05, 4.69) is 21.8 Å². The van der Waals surface area contributed by atoms with E-state index in [0.29, 0.717) is 42.6 Å². The number of anilines is 1. The number of benzene rings is 2. The van der Waals surface area contributed by atoms with Gasteiger partial charge in [0.05, 0.1) is 5.02 Å². The zero-order chi connectivity index (χ0) is 22.5. The van der Waals surface area contributed by atoms with Crippen molar-refractivity contribution in [3.8, 4) is 11.6 Å². The Balaban J connectivity index is 1.42. The fraction of sp³-hybridized carbons (Fsp3) is 0.292. The second-order valence-electron chi connectivity index (χ2n) is 7.58. The average molecular weight is 455 g/mol. The summed E-state index contributed by atoms with van der Waals surface area (Å²) in [5.74, 6) is 0.986. The summed E-state index contributed by atoms with van der Waals surface area (Å²) < 4.78 is 19.1. The van der Waals surface area contributed by atoms with Crippen LogP contribution in [0.3, 0.4) is 0 Å². The summed E-state index contributed by atoms with van der Waals surface area (Å²) in [4.78, 5) is 25.4. The lowest BCUT2D eigenvalue weighted by Gasteiger charge is -2.23. The Bertz CT molecular complexity index is 1090. The second-order valence-corrected chi connectivity index (χ2v) is 7.98. The molecule has 0 aliphatic carbocycles. The molecule has 6 nitrogen and oxygen atoms in total. The zero-order valence-corrected chi connectivity index (χ0v) is 18.6. The van der Waals surface area contributed by atoms with E-state index >= 15 is 0 Å². The van der Waals surface area contributed by atoms with E-state index in [1.807, 2.05) is 29.2 Å². The molecule has 3 aromatic rings. The van der Waals surface area contributed by atoms with Crippen LogP contribution < -0.4 is 9.64 Å². The lowest BCUT2D eigenvalue weighted by Crippen LogP contribution is -2.35. The maximum absolute atomic E-state index is 13.4. The Morgan fingerprint density at radius 1 is 1.06 bits per heavy atom. The molecule has 1 fully saturated rings. The maximum Gasteiger partial charge on any atom is 0.253 e. The van der Waals surface area contributed by atoms with Gasteiger partial charge in [-0.15, -0.1) is 0 Å². The van der Waals surface area contributed by atoms with Gasteiger partial charge in [-0.1, -0.05) is 30.7 Å². The van der Waals surface area contributed by atoms with E-state index in [4.69, 9.17) is 16.3 Å². The van der Waals surface area contributed by atoms with Gasteiger partial charge in [0, 0.05) is 43.9 Å². The van der Waals surface area contributed by atoms with Crippen LogP contribution in [-0.4, -0.2) is 47.0 Å². The van der Waals surface area contributed by atoms with Crippen LogP contribution in [0.2, 0.25) is 5.02 Å². The molecule has 1 amide bonds. The summed E-state index contributed by atoms with van der Waals surface area (Å²) in [6.45, 7) is 4.79. The first-order valence-corrected chi connectivity index (χ1v) is 11.0. The first-order chi connectivity index (χ1) is 15.5. The van der Waals surface area contributed by atoms with Gasteiger partial charge < -0.3 is 14.5 Å². The van der Waals surface area contributed by atoms with Crippen molar-refractivity contribution in [2.75, 3.05) is 31.1 Å². The molecule has 0 atom stereocenters. The van der Waals surface area contributed by atoms with E-state index < -0.39 is 5.82 Å². The highest BCUT2D eigenvalue weighted by molar-refractivity contribution is 6.30. The summed E-state index contributed by atoms with van der Waals surface area (Å²) in [7, 11) is 0. The minimum atomic E-state index is -0.507. The number of ether oxygens (including phenoxy) is 1. The Morgan fingerprint density at radius 2 is 1.88 bits per heavy atom. The van der Waals surface area contributed by atoms with E-state index in [1.54, 1.807) is 6.07 Å². The number of carbonyl (C=O) groups excluding carboxylic acids is 1. The maximum atomic E-state index is 13.4. The number of nitrogens with zero attached hydrogens (tertiary/aromatic N) is 4. The molecule has 0 saturated carbocycles. The van der Waals surface area contributed by atoms with Crippen molar-refractivity contribution in [3.63, 3.8) is 0 Å². The monoisotopic (exact) mass is 454 g/mol. The molecule has 166 valence electrons. The van der Waals surface area contributed by atoms with Crippen molar-refractivity contribution in [3.05, 3.63) is 76.8 Å². The van der Waals surface area contributed by atoms with Crippen LogP contribution in [0.1, 0.15) is 29.3 Å². The molecule has 0 radical (unpaired) electrons. The van der Waals surface area contributed by atoms with Crippen LogP contribution in [0.5, 0.6) is 11.6 Å². The lowest BCUT2D eigenvalue weighted by atomic mass is 10.1. The van der Waals surface area contributed by atoms with Gasteiger partial charge in [-0.2, -0.15) is 0 Å². The van der Waals surface area contributed by atoms with Gasteiger partial charge >= 0.3 is 0 Å². The van der Waals surface area contributed by atoms with Crippen molar-refractivity contribution >= 4 is 23.3 Å². The fourth-order valence-corrected chi connectivity index (χ4v) is 3.81. The third-order valence-corrected chi connectivity index (χ3v) is 5.75. The second kappa shape index (κ2) is 9.96. The van der Waals surface area contributed by atoms with Crippen molar-refractivity contribution in [1.29, 1.82) is 0 Å². The summed E-state index contributed by atoms with van der Waals surface area (Å²) in [6.07, 6.45) is 3.21. The number of hydrogen-bond donors (Lipinski definition) is 0. The first-order valence-electron chi connectivity index (χ1n) is 10.6. The molecule has 1 aromatic heterocycles. The first kappa shape index (κ1) is 22.0. The Kier molecular flexibility index (Phi) is 6.85. The number of amides is 1. The minimum Gasteiger partial charge on any atom is -0.439 e. The molecular formula is C24H24ClFN4O2. The van der Waals surface area contributed by atoms with Gasteiger partial charge in [0.25, 0.3) is 5.91 Å². The van der Waals surface area contributed by atoms with Crippen LogP contribution in [-0.2, 0) is 6.42 Å². The van der Waals surface area contributed by atoms with Gasteiger partial charge in [-0.25, -0.2) is 14.4 Å². The fourth-order valence-electron chi connectivity index (χ4n) is 3.63. The predicted molar refractivity (Wildman–Crippen MR) is 122 cm³/mol. The third-order valence-electron chi connectivity index (χ3n) is 5.46. The smallest absolute Gasteiger partial charge is 0.253 e. The quantitative estimate of drug-likeness (QED) is 0.544. The van der Waals surface area contributed by atoms with Crippen molar-refractivity contribution in [2.24, 2.45) is 0 Å². The van der Waals surface area contributed by atoms with Gasteiger partial charge in [-0.3, -0.25) is 4.79 Å². The molecule has 32 heavy (non-hydrogen) atoms. The van der Waals surface area contributed by atoms with E-state index in [9.17, 15) is 9.18 Å². The van der Waals surface area contributed by atoms with Crippen molar-refractivity contribution < 1.29 is 13.9 Å². The summed E-state index contributed by atoms with van der Waals surface area (Å²) in [5.41, 5.74) is 1.93. The van der Waals surface area contributed by atoms with Gasteiger partial charge in [0.2, 0.25) is 5.88 Å². The number of hydrogen-bond acceptors (Lipinski definition) is 5. The van der Waals surface area contributed by atoms with Gasteiger partial charge in [0.1, 0.15) is 23.7 Å². The number of rotatable bonds is 5. The minimum absolute atomic E-state index is 0.0154. The third kappa shape index (κ3) is 5.16. The van der Waals surface area contributed by atoms with E-state index in [0.717, 1.165) is 19.4 Å². The lowest BCUT2D eigenvalue weighted by molar-refractivity contribution is 0.0767. The zero-order valence-electron chi connectivity index (χ0n) is 17.8. The van der Waals surface area contributed by atoms with Crippen molar-refractivity contribution in [1.82, 2.24) is 14.9 Å². The SMILES string of the molecule is CCc1ccc(C(=O)N2CCCN(c3cc(Oc4ccc(F)c(Cl)c4)ncn3)CC2)cc1. The highest BCUT2D eigenvalue weighted by atomic mass is 35.5. The molecule has 1 saturated heterocycles. The molecule has 1 aliphatic heterocycles. The molecule has 0 unspecified atom stereocenters. The molecule has 4 rings (SSSR count). The number of aromatic nitrogens is 2. The highest BCUT2D eigenvalue weighted by Crippen LogP contribution is 2.26. The Hall–Kier alpha value is -3.19. The topological polar surface area (TPSA) is 58.6 Å². The molecule has 0 bridgehead atoms. The van der Waals surface area contributed by atoms with Gasteiger partial charge in [0.15, 0.2) is 0 Å². The van der Waals surface area contributed by atoms with Crippen LogP contribution >= 0.6 is 11.6 Å². The summed E-state index contributed by atoms with van der Waals surface area (Å²) >= 11 is 5.82. The number of halogens is 2. The van der Waals surface area contributed by atoms with Crippen molar-refractivity contribution in [2.45, 2.75) is 19.8 Å². The van der Waals surface area contributed by atoms with Crippen LogP contribution in [0, 0.1) is 5.82 Å². The average Bonchev–Trinajstić information content (AvgIpc) is 3.08. The molecular weight excluding hydrogens is 431 g/mol. The predicted octanol–water partition coefficient (Wildman–Crippen LogP) is 4.98. The van der Waals surface area contributed by atoms with Crippen LogP contribution in [0.4, 0.5) is 10.2 Å². The van der Waals surface area contributed by atoms with Gasteiger partial charge in [-0.05, 0) is 42.7 Å². The van der Waals surface area contributed by atoms with Crippen LogP contribution in [0.25, 0.3) is 0 Å². The van der Waals surface area contributed by atoms with Crippen LogP contribution in [0.15, 0.2) is 54.9 Å². The summed E-state index contributed by atoms with van der Waals surface area (Å²) in [6, 6.07) is 13.7. The Labute approximate surface area is 191 Å². The number of aryl methyl sites for hydroxylation is 1. The highest BCUT2D eigenvalue weighted by Gasteiger charge is 2.21. The normalized spacial score (nSPS) is 14.2. The van der Waals surface area contributed by atoms with E-state index in [1.165, 1.54) is 30.1 Å². The molecule has 8 heteroatoms.